The van der Waals surface area contributed by atoms with E-state index in [2.05, 4.69) is 67.4 Å². The molecule has 15 heteroatoms. The number of rotatable bonds is 12. The number of fused-ring (bicyclic) bond motifs is 2. The lowest BCUT2D eigenvalue weighted by atomic mass is 10.1. The Bertz CT molecular complexity index is 1950. The molecule has 4 heterocycles. The molecule has 0 saturated carbocycles. The molecule has 1 aliphatic heterocycles. The summed E-state index contributed by atoms with van der Waals surface area (Å²) in [4.78, 5) is 26.4. The van der Waals surface area contributed by atoms with E-state index >= 15 is 0 Å². The molecule has 5 aromatic rings. The van der Waals surface area contributed by atoms with Crippen molar-refractivity contribution in [3.05, 3.63) is 81.9 Å². The van der Waals surface area contributed by atoms with Crippen molar-refractivity contribution in [1.29, 1.82) is 0 Å². The summed E-state index contributed by atoms with van der Waals surface area (Å²) in [7, 11) is -5.15. The second-order valence-corrected chi connectivity index (χ2v) is 20.0. The molecule has 0 amide bonds. The number of para-hydroxylation sites is 1. The van der Waals surface area contributed by atoms with Crippen LogP contribution in [0.25, 0.3) is 28.2 Å². The molecule has 0 bridgehead atoms. The topological polar surface area (TPSA) is 142 Å². The minimum absolute atomic E-state index is 0.119. The van der Waals surface area contributed by atoms with Crippen LogP contribution in [0, 0.1) is 0 Å². The zero-order valence-corrected chi connectivity index (χ0v) is 31.1. The first-order valence-electron chi connectivity index (χ1n) is 16.0. The van der Waals surface area contributed by atoms with Crippen molar-refractivity contribution >= 4 is 49.4 Å². The van der Waals surface area contributed by atoms with Gasteiger partial charge in [0, 0.05) is 10.8 Å². The van der Waals surface area contributed by atoms with E-state index in [0.717, 1.165) is 11.3 Å². The maximum atomic E-state index is 13.8. The number of imidazole rings is 2. The van der Waals surface area contributed by atoms with Crippen LogP contribution in [0.3, 0.4) is 0 Å². The van der Waals surface area contributed by atoms with Gasteiger partial charge in [0.05, 0.1) is 5.69 Å². The Balaban J connectivity index is 1.40. The Morgan fingerprint density at radius 2 is 1.62 bits per heavy atom. The maximum absolute atomic E-state index is 13.8. The van der Waals surface area contributed by atoms with Crippen LogP contribution in [0.4, 0.5) is 0 Å². The predicted molar refractivity (Wildman–Crippen MR) is 189 cm³/mol. The Kier molecular flexibility index (Phi) is 10.1. The van der Waals surface area contributed by atoms with Crippen LogP contribution in [-0.4, -0.2) is 62.3 Å². The molecule has 1 fully saturated rings. The Morgan fingerprint density at radius 3 is 2.25 bits per heavy atom. The molecule has 0 aliphatic carbocycles. The van der Waals surface area contributed by atoms with E-state index in [0.29, 0.717) is 11.5 Å². The van der Waals surface area contributed by atoms with E-state index in [-0.39, 0.29) is 44.7 Å². The van der Waals surface area contributed by atoms with Gasteiger partial charge in [0.15, 0.2) is 27.9 Å². The Hall–Kier alpha value is -3.23. The molecule has 6 rings (SSSR count). The summed E-state index contributed by atoms with van der Waals surface area (Å²) in [5.41, 5.74) is 2.24. The van der Waals surface area contributed by atoms with Crippen LogP contribution in [0.2, 0.25) is 16.6 Å². The quantitative estimate of drug-likeness (QED) is 0.0758. The molecule has 1 aliphatic rings. The number of aliphatic hydroxyl groups is 1. The van der Waals surface area contributed by atoms with Gasteiger partial charge in [-0.15, -0.1) is 4.52 Å². The lowest BCUT2D eigenvalue weighted by molar-refractivity contribution is -0.0472. The van der Waals surface area contributed by atoms with E-state index in [4.69, 9.17) is 23.2 Å². The van der Waals surface area contributed by atoms with Crippen LogP contribution in [0.1, 0.15) is 47.8 Å². The molecule has 48 heavy (non-hydrogen) atoms. The average Bonchev–Trinajstić information content (AvgIpc) is 3.72. The summed E-state index contributed by atoms with van der Waals surface area (Å²) in [6.45, 7) is 12.7. The number of H-pyrrole nitrogens is 1. The van der Waals surface area contributed by atoms with Gasteiger partial charge in [-0.2, -0.15) is 4.98 Å². The van der Waals surface area contributed by atoms with E-state index in [9.17, 15) is 14.5 Å². The first-order chi connectivity index (χ1) is 22.9. The van der Waals surface area contributed by atoms with Crippen molar-refractivity contribution in [3.8, 4) is 17.0 Å². The van der Waals surface area contributed by atoms with E-state index in [1.165, 1.54) is 4.40 Å². The van der Waals surface area contributed by atoms with Crippen molar-refractivity contribution in [2.24, 2.45) is 0 Å². The molecule has 2 aromatic carbocycles. The fourth-order valence-electron chi connectivity index (χ4n) is 7.05. The van der Waals surface area contributed by atoms with Gasteiger partial charge in [-0.05, 0) is 50.2 Å². The number of hydrogen-bond acceptors (Lipinski definition) is 9. The highest BCUT2D eigenvalue weighted by Gasteiger charge is 2.55. The molecule has 3 aromatic heterocycles. The van der Waals surface area contributed by atoms with Crippen molar-refractivity contribution in [1.82, 2.24) is 23.9 Å². The van der Waals surface area contributed by atoms with Crippen molar-refractivity contribution in [2.45, 2.75) is 82.7 Å². The standard InChI is InChI=1S/C33H39BrN5O7PSi/c1-19(2)48(20(3)4,21(5)6)46-28-27(40)25(18-43-47(42)45-23-15-11-8-12-16-23)44-31(28)39-29-26(36-32(39)34)30(41)38-17-24(35-33(38)37-29)22-13-9-7-10-14-22/h7-17,19-21,25,27-28,31,40H,18H2,1-6H3/p+1/t25-,27-,28-,31-/m1/s1. The fraction of sp³-hybridized carbons (Fsp3) is 0.424. The minimum atomic E-state index is -2.59. The molecule has 5 atom stereocenters. The summed E-state index contributed by atoms with van der Waals surface area (Å²) in [6, 6.07) is 18.3. The second-order valence-electron chi connectivity index (χ2n) is 12.9. The van der Waals surface area contributed by atoms with Crippen LogP contribution in [-0.2, 0) is 18.3 Å². The van der Waals surface area contributed by atoms with Gasteiger partial charge in [-0.1, -0.05) is 90.1 Å². The number of nitrogens with zero attached hydrogens (tertiary/aromatic N) is 4. The molecule has 1 unspecified atom stereocenters. The summed E-state index contributed by atoms with van der Waals surface area (Å²) >= 11 is 3.55. The van der Waals surface area contributed by atoms with Crippen LogP contribution in [0.5, 0.6) is 5.75 Å². The third kappa shape index (κ3) is 6.31. The minimum Gasteiger partial charge on any atom is -0.406 e. The molecule has 0 spiro atoms. The van der Waals surface area contributed by atoms with Gasteiger partial charge < -0.3 is 19.3 Å². The zero-order valence-electron chi connectivity index (χ0n) is 27.6. The summed E-state index contributed by atoms with van der Waals surface area (Å²) in [5.74, 6) is 0.714. The monoisotopic (exact) mass is 756 g/mol. The second kappa shape index (κ2) is 13.9. The number of halogens is 1. The summed E-state index contributed by atoms with van der Waals surface area (Å²) < 4.78 is 40.8. The molecule has 254 valence electrons. The van der Waals surface area contributed by atoms with E-state index < -0.39 is 41.1 Å². The molecule has 0 radical (unpaired) electrons. The number of ether oxygens (including phenoxy) is 1. The Morgan fingerprint density at radius 1 is 1.00 bits per heavy atom. The number of benzene rings is 2. The van der Waals surface area contributed by atoms with Gasteiger partial charge >= 0.3 is 8.25 Å². The van der Waals surface area contributed by atoms with Crippen LogP contribution >= 0.6 is 24.2 Å². The Labute approximate surface area is 288 Å². The van der Waals surface area contributed by atoms with E-state index in [1.54, 1.807) is 35.0 Å². The number of hydrogen-bond donors (Lipinski definition) is 2. The highest BCUT2D eigenvalue weighted by atomic mass is 79.9. The molecular weight excluding hydrogens is 717 g/mol. The van der Waals surface area contributed by atoms with E-state index in [1.807, 2.05) is 36.4 Å². The number of aromatic nitrogens is 5. The van der Waals surface area contributed by atoms with Gasteiger partial charge in [0.25, 0.3) is 5.56 Å². The van der Waals surface area contributed by atoms with Gasteiger partial charge in [0.2, 0.25) is 14.1 Å². The largest absolute Gasteiger partial charge is 0.750 e. The molecular formula is C33H40BrN5O7PSi+. The van der Waals surface area contributed by atoms with Gasteiger partial charge in [-0.25, -0.2) is 13.9 Å². The molecule has 12 nitrogen and oxygen atoms in total. The number of aliphatic hydroxyl groups excluding tert-OH is 1. The molecule has 1 saturated heterocycles. The maximum Gasteiger partial charge on any atom is 0.750 e. The predicted octanol–water partition coefficient (Wildman–Crippen LogP) is 7.37. The van der Waals surface area contributed by atoms with Gasteiger partial charge in [0.1, 0.15) is 24.9 Å². The first kappa shape index (κ1) is 34.6. The third-order valence-electron chi connectivity index (χ3n) is 9.18. The first-order valence-corrected chi connectivity index (χ1v) is 20.0. The molecule has 2 N–H and O–H groups in total. The number of aromatic amines is 1. The zero-order chi connectivity index (χ0) is 34.3. The van der Waals surface area contributed by atoms with Crippen molar-refractivity contribution < 1.29 is 27.9 Å². The van der Waals surface area contributed by atoms with Crippen LogP contribution < -0.4 is 10.1 Å². The van der Waals surface area contributed by atoms with Crippen molar-refractivity contribution in [2.75, 3.05) is 6.61 Å². The smallest absolute Gasteiger partial charge is 0.406 e. The third-order valence-corrected chi connectivity index (χ3v) is 16.5. The fourth-order valence-corrected chi connectivity index (χ4v) is 13.8. The lowest BCUT2D eigenvalue weighted by Gasteiger charge is -2.45. The highest BCUT2D eigenvalue weighted by Crippen LogP contribution is 2.47. The average molecular weight is 758 g/mol. The number of nitrogens with one attached hydrogen (secondary N) is 1. The normalized spacial score (nSPS) is 20.5. The summed E-state index contributed by atoms with van der Waals surface area (Å²) in [6.07, 6.45) is -2.26. The lowest BCUT2D eigenvalue weighted by Crippen LogP contribution is -2.53. The highest BCUT2D eigenvalue weighted by molar-refractivity contribution is 9.10. The van der Waals surface area contributed by atoms with Crippen molar-refractivity contribution in [3.63, 3.8) is 0 Å². The van der Waals surface area contributed by atoms with Crippen LogP contribution in [0.15, 0.2) is 76.4 Å². The summed E-state index contributed by atoms with van der Waals surface area (Å²) in [5, 5.41) is 11.9. The SMILES string of the molecule is CC(C)[Si](O[C@@H]1[C@H](O)[C@@H](CO[P+](=O)Oc2ccccc2)O[C@H]1n1c(Br)nc2c(=O)n3cc(-c4ccccc4)[nH]c3nc21)(C(C)C)C(C)C. The van der Waals surface area contributed by atoms with Gasteiger partial charge in [-0.3, -0.25) is 9.36 Å².